The van der Waals surface area contributed by atoms with Gasteiger partial charge in [-0.25, -0.2) is 9.48 Å². The lowest BCUT2D eigenvalue weighted by atomic mass is 10.1. The Morgan fingerprint density at radius 1 is 1.03 bits per heavy atom. The van der Waals surface area contributed by atoms with Crippen molar-refractivity contribution >= 4 is 35.4 Å². The van der Waals surface area contributed by atoms with E-state index in [-0.39, 0.29) is 17.3 Å². The fourth-order valence-corrected chi connectivity index (χ4v) is 3.04. The standard InChI is InChI=1S/C25H26N4O5/c1-17(2)29-22(14-15-26-29)28-24(31)16-34-25(32)20-6-4-5-7-21(20)27-23(30)13-10-18-8-11-19(33-3)12-9-18/h4-15,17H,16H2,1-3H3,(H,27,30)(H,28,31). The number of rotatable bonds is 9. The average Bonchev–Trinajstić information content (AvgIpc) is 3.30. The number of ether oxygens (including phenoxy) is 2. The van der Waals surface area contributed by atoms with Crippen molar-refractivity contribution in [2.45, 2.75) is 19.9 Å². The molecule has 0 unspecified atom stereocenters. The van der Waals surface area contributed by atoms with Gasteiger partial charge in [0.2, 0.25) is 5.91 Å². The molecule has 1 aromatic heterocycles. The molecule has 176 valence electrons. The number of aromatic nitrogens is 2. The summed E-state index contributed by atoms with van der Waals surface area (Å²) in [5, 5.41) is 9.46. The van der Waals surface area contributed by atoms with E-state index < -0.39 is 24.4 Å². The third kappa shape index (κ3) is 6.55. The molecule has 0 aliphatic heterocycles. The van der Waals surface area contributed by atoms with Gasteiger partial charge in [-0.3, -0.25) is 9.59 Å². The number of hydrogen-bond donors (Lipinski definition) is 2. The molecule has 0 aliphatic carbocycles. The molecule has 2 aromatic carbocycles. The number of benzene rings is 2. The van der Waals surface area contributed by atoms with Crippen molar-refractivity contribution in [3.63, 3.8) is 0 Å². The smallest absolute Gasteiger partial charge is 0.340 e. The fourth-order valence-electron chi connectivity index (χ4n) is 3.04. The number of esters is 1. The van der Waals surface area contributed by atoms with Crippen molar-refractivity contribution < 1.29 is 23.9 Å². The highest BCUT2D eigenvalue weighted by molar-refractivity contribution is 6.06. The molecule has 0 saturated carbocycles. The van der Waals surface area contributed by atoms with E-state index in [1.54, 1.807) is 60.5 Å². The molecule has 0 bridgehead atoms. The maximum Gasteiger partial charge on any atom is 0.340 e. The zero-order valence-electron chi connectivity index (χ0n) is 19.1. The molecule has 2 amide bonds. The maximum atomic E-state index is 12.6. The summed E-state index contributed by atoms with van der Waals surface area (Å²) in [5.74, 6) is -0.432. The van der Waals surface area contributed by atoms with E-state index >= 15 is 0 Å². The fraction of sp³-hybridized carbons (Fsp3) is 0.200. The molecule has 0 radical (unpaired) electrons. The Balaban J connectivity index is 1.58. The molecule has 0 fully saturated rings. The number of carbonyl (C=O) groups is 3. The van der Waals surface area contributed by atoms with E-state index in [9.17, 15) is 14.4 Å². The first-order valence-corrected chi connectivity index (χ1v) is 10.6. The zero-order chi connectivity index (χ0) is 24.5. The molecule has 2 N–H and O–H groups in total. The van der Waals surface area contributed by atoms with Crippen molar-refractivity contribution in [3.05, 3.63) is 78.0 Å². The minimum Gasteiger partial charge on any atom is -0.497 e. The second-order valence-corrected chi connectivity index (χ2v) is 7.52. The highest BCUT2D eigenvalue weighted by Crippen LogP contribution is 2.18. The Hall–Kier alpha value is -4.40. The number of carbonyl (C=O) groups excluding carboxylic acids is 3. The van der Waals surface area contributed by atoms with Gasteiger partial charge in [0, 0.05) is 18.2 Å². The van der Waals surface area contributed by atoms with Crippen molar-refractivity contribution in [2.24, 2.45) is 0 Å². The summed E-state index contributed by atoms with van der Waals surface area (Å²) >= 11 is 0. The van der Waals surface area contributed by atoms with Gasteiger partial charge in [-0.2, -0.15) is 5.10 Å². The van der Waals surface area contributed by atoms with E-state index in [0.29, 0.717) is 11.6 Å². The zero-order valence-corrected chi connectivity index (χ0v) is 19.1. The van der Waals surface area contributed by atoms with Crippen LogP contribution in [0.2, 0.25) is 0 Å². The van der Waals surface area contributed by atoms with Crippen molar-refractivity contribution in [1.82, 2.24) is 9.78 Å². The first-order chi connectivity index (χ1) is 16.4. The first-order valence-electron chi connectivity index (χ1n) is 10.6. The van der Waals surface area contributed by atoms with Crippen LogP contribution in [-0.2, 0) is 14.3 Å². The summed E-state index contributed by atoms with van der Waals surface area (Å²) in [4.78, 5) is 37.2. The number of anilines is 2. The summed E-state index contributed by atoms with van der Waals surface area (Å²) in [6, 6.07) is 15.3. The second-order valence-electron chi connectivity index (χ2n) is 7.52. The topological polar surface area (TPSA) is 112 Å². The Kier molecular flexibility index (Phi) is 8.17. The highest BCUT2D eigenvalue weighted by atomic mass is 16.5. The number of para-hydroxylation sites is 1. The van der Waals surface area contributed by atoms with Gasteiger partial charge < -0.3 is 20.1 Å². The molecular weight excluding hydrogens is 436 g/mol. The summed E-state index contributed by atoms with van der Waals surface area (Å²) in [7, 11) is 1.58. The van der Waals surface area contributed by atoms with Gasteiger partial charge >= 0.3 is 5.97 Å². The van der Waals surface area contributed by atoms with E-state index in [4.69, 9.17) is 9.47 Å². The van der Waals surface area contributed by atoms with Crippen LogP contribution in [-0.4, -0.2) is 41.3 Å². The molecule has 9 nitrogen and oxygen atoms in total. The quantitative estimate of drug-likeness (QED) is 0.368. The van der Waals surface area contributed by atoms with Crippen LogP contribution in [0.25, 0.3) is 6.08 Å². The van der Waals surface area contributed by atoms with Crippen molar-refractivity contribution in [1.29, 1.82) is 0 Å². The normalized spacial score (nSPS) is 10.8. The lowest BCUT2D eigenvalue weighted by Gasteiger charge is -2.12. The molecule has 9 heteroatoms. The average molecular weight is 463 g/mol. The summed E-state index contributed by atoms with van der Waals surface area (Å²) in [6.07, 6.45) is 4.57. The minimum atomic E-state index is -0.734. The van der Waals surface area contributed by atoms with Crippen molar-refractivity contribution in [2.75, 3.05) is 24.4 Å². The summed E-state index contributed by atoms with van der Waals surface area (Å²) in [5.41, 5.74) is 1.22. The Bertz CT molecular complexity index is 1180. The first kappa shape index (κ1) is 24.2. The number of nitrogens with zero attached hydrogens (tertiary/aromatic N) is 2. The van der Waals surface area contributed by atoms with Crippen LogP contribution in [0, 0.1) is 0 Å². The molecular formula is C25H26N4O5. The monoisotopic (exact) mass is 462 g/mol. The van der Waals surface area contributed by atoms with Gasteiger partial charge in [0.15, 0.2) is 6.61 Å². The van der Waals surface area contributed by atoms with Gasteiger partial charge in [0.25, 0.3) is 5.91 Å². The number of amides is 2. The van der Waals surface area contributed by atoms with Crippen LogP contribution in [0.3, 0.4) is 0 Å². The second kappa shape index (κ2) is 11.5. The van der Waals surface area contributed by atoms with E-state index in [1.807, 2.05) is 26.0 Å². The molecule has 0 aliphatic rings. The van der Waals surface area contributed by atoms with Gasteiger partial charge in [0.05, 0.1) is 24.6 Å². The van der Waals surface area contributed by atoms with Gasteiger partial charge in [-0.05, 0) is 49.8 Å². The Labute approximate surface area is 197 Å². The van der Waals surface area contributed by atoms with Crippen LogP contribution in [0.4, 0.5) is 11.5 Å². The Morgan fingerprint density at radius 3 is 2.47 bits per heavy atom. The van der Waals surface area contributed by atoms with Crippen LogP contribution in [0.1, 0.15) is 35.8 Å². The predicted octanol–water partition coefficient (Wildman–Crippen LogP) is 3.92. The molecule has 0 saturated heterocycles. The van der Waals surface area contributed by atoms with Gasteiger partial charge in [-0.1, -0.05) is 24.3 Å². The molecule has 1 heterocycles. The van der Waals surface area contributed by atoms with Crippen molar-refractivity contribution in [3.8, 4) is 5.75 Å². The van der Waals surface area contributed by atoms with Crippen LogP contribution >= 0.6 is 0 Å². The van der Waals surface area contributed by atoms with E-state index in [2.05, 4.69) is 15.7 Å². The molecule has 3 aromatic rings. The largest absolute Gasteiger partial charge is 0.497 e. The summed E-state index contributed by atoms with van der Waals surface area (Å²) < 4.78 is 11.9. The third-order valence-corrected chi connectivity index (χ3v) is 4.71. The maximum absolute atomic E-state index is 12.6. The van der Waals surface area contributed by atoms with E-state index in [1.165, 1.54) is 12.1 Å². The lowest BCUT2D eigenvalue weighted by molar-refractivity contribution is -0.119. The van der Waals surface area contributed by atoms with Crippen LogP contribution in [0.15, 0.2) is 66.9 Å². The SMILES string of the molecule is COc1ccc(C=CC(=O)Nc2ccccc2C(=O)OCC(=O)Nc2ccnn2C(C)C)cc1. The minimum absolute atomic E-state index is 0.0575. The van der Waals surface area contributed by atoms with E-state index in [0.717, 1.165) is 5.56 Å². The van der Waals surface area contributed by atoms with Crippen LogP contribution in [0.5, 0.6) is 5.75 Å². The van der Waals surface area contributed by atoms with Gasteiger partial charge in [0.1, 0.15) is 11.6 Å². The number of methoxy groups -OCH3 is 1. The molecule has 3 rings (SSSR count). The molecule has 0 atom stereocenters. The van der Waals surface area contributed by atoms with Gasteiger partial charge in [-0.15, -0.1) is 0 Å². The molecule has 34 heavy (non-hydrogen) atoms. The predicted molar refractivity (Wildman–Crippen MR) is 129 cm³/mol. The Morgan fingerprint density at radius 2 is 1.76 bits per heavy atom. The van der Waals surface area contributed by atoms with Crippen LogP contribution < -0.4 is 15.4 Å². The number of nitrogens with one attached hydrogen (secondary N) is 2. The third-order valence-electron chi connectivity index (χ3n) is 4.71. The number of hydrogen-bond acceptors (Lipinski definition) is 6. The highest BCUT2D eigenvalue weighted by Gasteiger charge is 2.16. The molecule has 0 spiro atoms. The summed E-state index contributed by atoms with van der Waals surface area (Å²) in [6.45, 7) is 3.38. The lowest BCUT2D eigenvalue weighted by Crippen LogP contribution is -2.23.